The molecule has 1 saturated carbocycles. The monoisotopic (exact) mass is 442 g/mol. The first-order valence-electron chi connectivity index (χ1n) is 11.9. The van der Waals surface area contributed by atoms with E-state index < -0.39 is 12.2 Å². The van der Waals surface area contributed by atoms with Crippen molar-refractivity contribution in [2.45, 2.75) is 76.9 Å². The highest BCUT2D eigenvalue weighted by atomic mass is 16.5. The predicted octanol–water partition coefficient (Wildman–Crippen LogP) is 4.56. The lowest BCUT2D eigenvalue weighted by Crippen LogP contribution is -2.19. The van der Waals surface area contributed by atoms with E-state index >= 15 is 0 Å². The summed E-state index contributed by atoms with van der Waals surface area (Å²) in [4.78, 5) is 23.9. The van der Waals surface area contributed by atoms with Crippen LogP contribution in [0.15, 0.2) is 54.6 Å². The van der Waals surface area contributed by atoms with E-state index in [2.05, 4.69) is 6.92 Å². The topological polar surface area (TPSA) is 83.8 Å². The van der Waals surface area contributed by atoms with Crippen LogP contribution in [0.3, 0.4) is 0 Å². The zero-order valence-electron chi connectivity index (χ0n) is 19.2. The standard InChI is InChI=1S/C27H38O5/c1-2-3-19-32-27(31)14-10-5-4-9-13-23-24(26(30)20-25(23)29)18-17-22(28)16-15-21-11-7-6-8-12-21/h4,6-9,11-12,17-18,22-24,26,28,30H,2-3,5,10,13-16,19-20H2,1H3/b9-4-,18-17+/t22-,23?,24?,26+/m0/s1. The zero-order chi connectivity index (χ0) is 23.2. The fourth-order valence-corrected chi connectivity index (χ4v) is 3.97. The van der Waals surface area contributed by atoms with E-state index in [0.29, 0.717) is 25.9 Å². The van der Waals surface area contributed by atoms with E-state index in [9.17, 15) is 19.8 Å². The number of carbonyl (C=O) groups is 2. The Labute approximate surface area is 192 Å². The normalized spacial score (nSPS) is 22.1. The van der Waals surface area contributed by atoms with Gasteiger partial charge in [-0.25, -0.2) is 0 Å². The molecule has 32 heavy (non-hydrogen) atoms. The molecule has 2 N–H and O–H groups in total. The fraction of sp³-hybridized carbons (Fsp3) is 0.556. The highest BCUT2D eigenvalue weighted by Gasteiger charge is 2.39. The largest absolute Gasteiger partial charge is 0.466 e. The van der Waals surface area contributed by atoms with Gasteiger partial charge in [-0.05, 0) is 44.1 Å². The number of hydrogen-bond donors (Lipinski definition) is 2. The number of aliphatic hydroxyl groups excluding tert-OH is 2. The molecule has 1 aliphatic carbocycles. The van der Waals surface area contributed by atoms with Crippen LogP contribution in [0.2, 0.25) is 0 Å². The van der Waals surface area contributed by atoms with Crippen LogP contribution in [0.4, 0.5) is 0 Å². The molecular weight excluding hydrogens is 404 g/mol. The van der Waals surface area contributed by atoms with Gasteiger partial charge in [0.2, 0.25) is 0 Å². The molecule has 0 aliphatic heterocycles. The summed E-state index contributed by atoms with van der Waals surface area (Å²) < 4.78 is 5.14. The van der Waals surface area contributed by atoms with Crippen LogP contribution in [0.1, 0.15) is 63.9 Å². The molecule has 4 atom stereocenters. The van der Waals surface area contributed by atoms with Crippen LogP contribution in [-0.4, -0.2) is 40.8 Å². The van der Waals surface area contributed by atoms with Crippen molar-refractivity contribution in [3.05, 3.63) is 60.2 Å². The number of ether oxygens (including phenoxy) is 1. The van der Waals surface area contributed by atoms with Crippen LogP contribution < -0.4 is 0 Å². The number of benzene rings is 1. The summed E-state index contributed by atoms with van der Waals surface area (Å²) in [5.41, 5.74) is 1.17. The molecule has 1 fully saturated rings. The fourth-order valence-electron chi connectivity index (χ4n) is 3.97. The highest BCUT2D eigenvalue weighted by Crippen LogP contribution is 2.33. The van der Waals surface area contributed by atoms with E-state index in [1.54, 1.807) is 6.08 Å². The molecule has 1 aliphatic rings. The van der Waals surface area contributed by atoms with Gasteiger partial charge < -0.3 is 14.9 Å². The third-order valence-corrected chi connectivity index (χ3v) is 5.93. The van der Waals surface area contributed by atoms with Crippen LogP contribution in [0, 0.1) is 11.8 Å². The summed E-state index contributed by atoms with van der Waals surface area (Å²) in [6.07, 6.45) is 12.1. The summed E-state index contributed by atoms with van der Waals surface area (Å²) in [7, 11) is 0. The molecule has 5 heteroatoms. The average Bonchev–Trinajstić information content (AvgIpc) is 3.06. The Morgan fingerprint density at radius 3 is 2.75 bits per heavy atom. The molecule has 5 nitrogen and oxygen atoms in total. The number of ketones is 1. The molecule has 2 rings (SSSR count). The van der Waals surface area contributed by atoms with E-state index in [1.165, 1.54) is 5.56 Å². The van der Waals surface area contributed by atoms with Gasteiger partial charge in [0.25, 0.3) is 0 Å². The average molecular weight is 443 g/mol. The minimum absolute atomic E-state index is 0.0649. The number of Topliss-reactive ketones (excluding diaryl/α,β-unsaturated/α-hetero) is 1. The van der Waals surface area contributed by atoms with Gasteiger partial charge in [-0.3, -0.25) is 9.59 Å². The smallest absolute Gasteiger partial charge is 0.305 e. The molecule has 0 saturated heterocycles. The number of hydrogen-bond acceptors (Lipinski definition) is 5. The second-order valence-electron chi connectivity index (χ2n) is 8.57. The number of unbranched alkanes of at least 4 members (excludes halogenated alkanes) is 2. The predicted molar refractivity (Wildman–Crippen MR) is 126 cm³/mol. The maximum absolute atomic E-state index is 12.3. The first-order chi connectivity index (χ1) is 15.5. The lowest BCUT2D eigenvalue weighted by atomic mass is 9.90. The van der Waals surface area contributed by atoms with Crippen molar-refractivity contribution in [2.75, 3.05) is 6.61 Å². The minimum atomic E-state index is -0.698. The maximum atomic E-state index is 12.3. The lowest BCUT2D eigenvalue weighted by molar-refractivity contribution is -0.143. The Bertz CT molecular complexity index is 740. The van der Waals surface area contributed by atoms with Gasteiger partial charge in [0.05, 0.1) is 18.8 Å². The summed E-state index contributed by atoms with van der Waals surface area (Å²) in [6, 6.07) is 10.0. The second kappa shape index (κ2) is 14.8. The summed E-state index contributed by atoms with van der Waals surface area (Å²) >= 11 is 0. The van der Waals surface area contributed by atoms with Crippen LogP contribution >= 0.6 is 0 Å². The van der Waals surface area contributed by atoms with Crippen molar-refractivity contribution < 1.29 is 24.5 Å². The number of carbonyl (C=O) groups excluding carboxylic acids is 2. The Morgan fingerprint density at radius 1 is 1.22 bits per heavy atom. The van der Waals surface area contributed by atoms with Crippen molar-refractivity contribution in [3.8, 4) is 0 Å². The highest BCUT2D eigenvalue weighted by molar-refractivity contribution is 5.84. The van der Waals surface area contributed by atoms with Gasteiger partial charge in [-0.1, -0.05) is 68.0 Å². The molecule has 1 aromatic carbocycles. The number of aryl methyl sites for hydroxylation is 1. The summed E-state index contributed by atoms with van der Waals surface area (Å²) in [6.45, 7) is 2.55. The van der Waals surface area contributed by atoms with E-state index in [-0.39, 0.29) is 30.0 Å². The SMILES string of the molecule is CCCCOC(=O)CCC/C=C\CC1C(=O)C[C@@H](O)C1/C=C/[C@@H](O)CCc1ccccc1. The first kappa shape index (κ1) is 26.0. The molecule has 0 spiro atoms. The number of esters is 1. The summed E-state index contributed by atoms with van der Waals surface area (Å²) in [5.74, 6) is -0.628. The van der Waals surface area contributed by atoms with Gasteiger partial charge in [0.15, 0.2) is 0 Å². The molecule has 0 heterocycles. The maximum Gasteiger partial charge on any atom is 0.305 e. The van der Waals surface area contributed by atoms with Gasteiger partial charge in [-0.2, -0.15) is 0 Å². The van der Waals surface area contributed by atoms with Crippen molar-refractivity contribution in [1.29, 1.82) is 0 Å². The lowest BCUT2D eigenvalue weighted by Gasteiger charge is -2.16. The Balaban J connectivity index is 1.73. The second-order valence-corrected chi connectivity index (χ2v) is 8.57. The Kier molecular flexibility index (Phi) is 12.0. The van der Waals surface area contributed by atoms with Crippen molar-refractivity contribution in [3.63, 3.8) is 0 Å². The van der Waals surface area contributed by atoms with Gasteiger partial charge in [0, 0.05) is 24.7 Å². The number of rotatable bonds is 14. The Morgan fingerprint density at radius 2 is 2.00 bits per heavy atom. The van der Waals surface area contributed by atoms with Gasteiger partial charge >= 0.3 is 5.97 Å². The zero-order valence-corrected chi connectivity index (χ0v) is 19.2. The van der Waals surface area contributed by atoms with Gasteiger partial charge in [0.1, 0.15) is 5.78 Å². The third kappa shape index (κ3) is 9.49. The van der Waals surface area contributed by atoms with Crippen LogP contribution in [0.25, 0.3) is 0 Å². The van der Waals surface area contributed by atoms with E-state index in [4.69, 9.17) is 4.74 Å². The van der Waals surface area contributed by atoms with Crippen molar-refractivity contribution in [2.24, 2.45) is 11.8 Å². The van der Waals surface area contributed by atoms with E-state index in [0.717, 1.165) is 32.1 Å². The number of aliphatic hydroxyl groups is 2. The van der Waals surface area contributed by atoms with Crippen molar-refractivity contribution >= 4 is 11.8 Å². The third-order valence-electron chi connectivity index (χ3n) is 5.93. The van der Waals surface area contributed by atoms with Crippen LogP contribution in [-0.2, 0) is 20.7 Å². The first-order valence-corrected chi connectivity index (χ1v) is 11.9. The summed E-state index contributed by atoms with van der Waals surface area (Å²) in [5, 5.41) is 20.6. The molecular formula is C27H38O5. The molecule has 176 valence electrons. The van der Waals surface area contributed by atoms with Gasteiger partial charge in [-0.15, -0.1) is 0 Å². The molecule has 0 bridgehead atoms. The molecule has 1 aromatic rings. The molecule has 2 unspecified atom stereocenters. The molecule has 0 radical (unpaired) electrons. The van der Waals surface area contributed by atoms with Crippen molar-refractivity contribution in [1.82, 2.24) is 0 Å². The van der Waals surface area contributed by atoms with Crippen LogP contribution in [0.5, 0.6) is 0 Å². The molecule has 0 aromatic heterocycles. The molecule has 0 amide bonds. The quantitative estimate of drug-likeness (QED) is 0.251. The Hall–Kier alpha value is -2.24. The minimum Gasteiger partial charge on any atom is -0.466 e. The van der Waals surface area contributed by atoms with E-state index in [1.807, 2.05) is 48.6 Å². The number of allylic oxidation sites excluding steroid dienone is 2.